The van der Waals surface area contributed by atoms with Crippen LogP contribution in [0.2, 0.25) is 0 Å². The van der Waals surface area contributed by atoms with Crippen LogP contribution in [0.5, 0.6) is 5.75 Å². The molecule has 114 valence electrons. The molecule has 0 heterocycles. The van der Waals surface area contributed by atoms with E-state index in [-0.39, 0.29) is 22.1 Å². The van der Waals surface area contributed by atoms with Crippen LogP contribution in [0.3, 0.4) is 0 Å². The van der Waals surface area contributed by atoms with Crippen molar-refractivity contribution in [3.05, 3.63) is 34.4 Å². The van der Waals surface area contributed by atoms with Gasteiger partial charge < -0.3 is 10.1 Å². The van der Waals surface area contributed by atoms with Gasteiger partial charge in [0.05, 0.1) is 11.0 Å². The topological polar surface area (TPSA) is 64.4 Å². The highest BCUT2D eigenvalue weighted by Gasteiger charge is 2.55. The fourth-order valence-electron chi connectivity index (χ4n) is 4.03. The first-order valence-electron chi connectivity index (χ1n) is 7.74. The number of ether oxygens (including phenoxy) is 1. The van der Waals surface area contributed by atoms with Crippen molar-refractivity contribution in [2.75, 3.05) is 7.05 Å². The molecule has 2 saturated carbocycles. The van der Waals surface area contributed by atoms with Gasteiger partial charge in [0.15, 0.2) is 0 Å². The number of benzene rings is 1. The van der Waals surface area contributed by atoms with Crippen LogP contribution in [0.1, 0.15) is 38.5 Å². The van der Waals surface area contributed by atoms with Crippen molar-refractivity contribution in [3.63, 3.8) is 0 Å². The summed E-state index contributed by atoms with van der Waals surface area (Å²) >= 11 is 0. The SMILES string of the molecule is CNC1CC(Oc2cccc([N+](=O)[O-])c2)C12CCCCC2. The standard InChI is InChI=1S/C16H22N2O3/c1-17-14-11-15(16(14)8-3-2-4-9-16)21-13-7-5-6-12(10-13)18(19)20/h5-7,10,14-15,17H,2-4,8-9,11H2,1H3. The molecule has 2 aliphatic rings. The zero-order chi connectivity index (χ0) is 14.9. The Hall–Kier alpha value is -1.62. The molecule has 3 rings (SSSR count). The second kappa shape index (κ2) is 5.64. The van der Waals surface area contributed by atoms with Gasteiger partial charge in [0.2, 0.25) is 0 Å². The molecule has 2 aliphatic carbocycles. The maximum Gasteiger partial charge on any atom is 0.273 e. The van der Waals surface area contributed by atoms with Crippen LogP contribution in [-0.4, -0.2) is 24.1 Å². The number of rotatable bonds is 4. The number of nitrogens with zero attached hydrogens (tertiary/aromatic N) is 1. The van der Waals surface area contributed by atoms with Gasteiger partial charge >= 0.3 is 0 Å². The van der Waals surface area contributed by atoms with Crippen molar-refractivity contribution in [3.8, 4) is 5.75 Å². The third kappa shape index (κ3) is 2.50. The Morgan fingerprint density at radius 1 is 1.33 bits per heavy atom. The van der Waals surface area contributed by atoms with Crippen LogP contribution < -0.4 is 10.1 Å². The lowest BCUT2D eigenvalue weighted by atomic mass is 9.55. The summed E-state index contributed by atoms with van der Waals surface area (Å²) in [6, 6.07) is 7.05. The molecule has 0 aliphatic heterocycles. The van der Waals surface area contributed by atoms with Gasteiger partial charge in [-0.1, -0.05) is 25.3 Å². The highest BCUT2D eigenvalue weighted by molar-refractivity contribution is 5.38. The first kappa shape index (κ1) is 14.3. The minimum absolute atomic E-state index is 0.0923. The quantitative estimate of drug-likeness (QED) is 0.682. The van der Waals surface area contributed by atoms with E-state index in [9.17, 15) is 10.1 Å². The van der Waals surface area contributed by atoms with E-state index in [0.717, 1.165) is 6.42 Å². The maximum absolute atomic E-state index is 10.9. The lowest BCUT2D eigenvalue weighted by Gasteiger charge is -2.57. The monoisotopic (exact) mass is 290 g/mol. The van der Waals surface area contributed by atoms with E-state index < -0.39 is 0 Å². The molecule has 2 unspecified atom stereocenters. The average molecular weight is 290 g/mol. The van der Waals surface area contributed by atoms with Crippen LogP contribution in [0.15, 0.2) is 24.3 Å². The Kier molecular flexibility index (Phi) is 3.85. The first-order chi connectivity index (χ1) is 10.2. The Labute approximate surface area is 124 Å². The minimum Gasteiger partial charge on any atom is -0.489 e. The van der Waals surface area contributed by atoms with Crippen molar-refractivity contribution in [2.24, 2.45) is 5.41 Å². The lowest BCUT2D eigenvalue weighted by molar-refractivity contribution is -0.385. The van der Waals surface area contributed by atoms with Gasteiger partial charge in [-0.3, -0.25) is 10.1 Å². The first-order valence-corrected chi connectivity index (χ1v) is 7.74. The molecule has 0 bridgehead atoms. The molecule has 1 aromatic rings. The molecule has 0 amide bonds. The maximum atomic E-state index is 10.9. The summed E-state index contributed by atoms with van der Waals surface area (Å²) in [6.07, 6.45) is 7.37. The van der Waals surface area contributed by atoms with Crippen LogP contribution >= 0.6 is 0 Å². The van der Waals surface area contributed by atoms with E-state index in [2.05, 4.69) is 5.32 Å². The Bertz CT molecular complexity index is 526. The van der Waals surface area contributed by atoms with Gasteiger partial charge in [-0.05, 0) is 26.0 Å². The molecule has 1 spiro atoms. The second-order valence-corrected chi connectivity index (χ2v) is 6.23. The minimum atomic E-state index is -0.375. The molecular formula is C16H22N2O3. The van der Waals surface area contributed by atoms with Gasteiger partial charge in [0, 0.05) is 23.9 Å². The van der Waals surface area contributed by atoms with Crippen LogP contribution in [0.25, 0.3) is 0 Å². The van der Waals surface area contributed by atoms with Crippen LogP contribution in [-0.2, 0) is 0 Å². The summed E-state index contributed by atoms with van der Waals surface area (Å²) < 4.78 is 6.12. The molecule has 2 atom stereocenters. The molecule has 1 aromatic carbocycles. The van der Waals surface area contributed by atoms with E-state index in [4.69, 9.17) is 4.74 Å². The number of hydrogen-bond donors (Lipinski definition) is 1. The third-order valence-electron chi connectivity index (χ3n) is 5.22. The molecular weight excluding hydrogens is 268 g/mol. The lowest BCUT2D eigenvalue weighted by Crippen LogP contribution is -2.64. The predicted octanol–water partition coefficient (Wildman–Crippen LogP) is 3.28. The van der Waals surface area contributed by atoms with E-state index >= 15 is 0 Å². The van der Waals surface area contributed by atoms with Gasteiger partial charge in [-0.2, -0.15) is 0 Å². The number of hydrogen-bond acceptors (Lipinski definition) is 4. The summed E-state index contributed by atoms with van der Waals surface area (Å²) in [5.74, 6) is 0.619. The van der Waals surface area contributed by atoms with Crippen molar-refractivity contribution < 1.29 is 9.66 Å². The van der Waals surface area contributed by atoms with Gasteiger partial charge in [0.1, 0.15) is 11.9 Å². The zero-order valence-electron chi connectivity index (χ0n) is 12.4. The number of nitrogens with one attached hydrogen (secondary N) is 1. The van der Waals surface area contributed by atoms with E-state index in [1.165, 1.54) is 44.2 Å². The second-order valence-electron chi connectivity index (χ2n) is 6.23. The van der Waals surface area contributed by atoms with Crippen LogP contribution in [0, 0.1) is 15.5 Å². The van der Waals surface area contributed by atoms with E-state index in [1.807, 2.05) is 13.1 Å². The number of nitro groups is 1. The summed E-state index contributed by atoms with van der Waals surface area (Å²) in [6.45, 7) is 0. The van der Waals surface area contributed by atoms with E-state index in [1.54, 1.807) is 6.07 Å². The van der Waals surface area contributed by atoms with Crippen LogP contribution in [0.4, 0.5) is 5.69 Å². The Morgan fingerprint density at radius 3 is 2.76 bits per heavy atom. The summed E-state index contributed by atoms with van der Waals surface area (Å²) in [4.78, 5) is 10.5. The zero-order valence-corrected chi connectivity index (χ0v) is 12.4. The third-order valence-corrected chi connectivity index (χ3v) is 5.22. The largest absolute Gasteiger partial charge is 0.489 e. The summed E-state index contributed by atoms with van der Waals surface area (Å²) in [5.41, 5.74) is 0.312. The molecule has 5 nitrogen and oxygen atoms in total. The predicted molar refractivity (Wildman–Crippen MR) is 80.5 cm³/mol. The average Bonchev–Trinajstić information content (AvgIpc) is 2.52. The Balaban J connectivity index is 1.75. The fraction of sp³-hybridized carbons (Fsp3) is 0.625. The van der Waals surface area contributed by atoms with Crippen molar-refractivity contribution in [2.45, 2.75) is 50.7 Å². The van der Waals surface area contributed by atoms with Crippen molar-refractivity contribution in [1.29, 1.82) is 0 Å². The molecule has 5 heteroatoms. The highest BCUT2D eigenvalue weighted by Crippen LogP contribution is 2.53. The summed E-state index contributed by atoms with van der Waals surface area (Å²) in [5, 5.41) is 14.3. The molecule has 1 N–H and O–H groups in total. The number of nitro benzene ring substituents is 1. The molecule has 21 heavy (non-hydrogen) atoms. The van der Waals surface area contributed by atoms with Crippen molar-refractivity contribution >= 4 is 5.69 Å². The van der Waals surface area contributed by atoms with Gasteiger partial charge in [0.25, 0.3) is 5.69 Å². The molecule has 2 fully saturated rings. The molecule has 0 aromatic heterocycles. The van der Waals surface area contributed by atoms with Gasteiger partial charge in [-0.15, -0.1) is 0 Å². The molecule has 0 radical (unpaired) electrons. The Morgan fingerprint density at radius 2 is 2.10 bits per heavy atom. The fourth-order valence-corrected chi connectivity index (χ4v) is 4.03. The highest BCUT2D eigenvalue weighted by atomic mass is 16.6. The summed E-state index contributed by atoms with van der Waals surface area (Å²) in [7, 11) is 2.02. The molecule has 0 saturated heterocycles. The van der Waals surface area contributed by atoms with Gasteiger partial charge in [-0.25, -0.2) is 0 Å². The van der Waals surface area contributed by atoms with Crippen molar-refractivity contribution in [1.82, 2.24) is 5.32 Å². The van der Waals surface area contributed by atoms with E-state index in [0.29, 0.717) is 11.8 Å². The normalized spacial score (nSPS) is 27.1. The number of non-ortho nitro benzene ring substituents is 1. The smallest absolute Gasteiger partial charge is 0.273 e.